The number of carbonyl (C=O) groups excluding carboxylic acids is 1. The molecule has 0 aliphatic heterocycles. The minimum atomic E-state index is -0.717. The molecule has 1 aromatic carbocycles. The highest BCUT2D eigenvalue weighted by atomic mass is 16.4. The molecule has 1 N–H and O–H groups in total. The Bertz CT molecular complexity index is 550. The first-order chi connectivity index (χ1) is 10.6. The van der Waals surface area contributed by atoms with E-state index in [-0.39, 0.29) is 23.8 Å². The van der Waals surface area contributed by atoms with Crippen molar-refractivity contribution in [3.05, 3.63) is 35.4 Å². The third-order valence-corrected chi connectivity index (χ3v) is 5.35. The van der Waals surface area contributed by atoms with Crippen molar-refractivity contribution in [2.45, 2.75) is 44.6 Å². The standard InChI is InChI=1S/C18H23NO3/c1-19(16-10-14-4-2-3-5-15(14)11-16)17(20)12-6-8-13(9-7-12)18(21)22/h2-5,12-13,16H,6-11H2,1H3,(H,21,22). The van der Waals surface area contributed by atoms with E-state index in [1.807, 2.05) is 11.9 Å². The topological polar surface area (TPSA) is 57.6 Å². The third kappa shape index (κ3) is 2.87. The maximum absolute atomic E-state index is 12.7. The molecule has 22 heavy (non-hydrogen) atoms. The summed E-state index contributed by atoms with van der Waals surface area (Å²) in [6.07, 6.45) is 4.54. The van der Waals surface area contributed by atoms with E-state index in [0.29, 0.717) is 25.7 Å². The summed E-state index contributed by atoms with van der Waals surface area (Å²) in [6, 6.07) is 8.64. The minimum Gasteiger partial charge on any atom is -0.481 e. The Balaban J connectivity index is 1.59. The highest BCUT2D eigenvalue weighted by Gasteiger charge is 2.34. The van der Waals surface area contributed by atoms with Crippen molar-refractivity contribution in [3.63, 3.8) is 0 Å². The fraction of sp³-hybridized carbons (Fsp3) is 0.556. The van der Waals surface area contributed by atoms with Gasteiger partial charge in [0.05, 0.1) is 5.92 Å². The smallest absolute Gasteiger partial charge is 0.306 e. The zero-order chi connectivity index (χ0) is 15.7. The van der Waals surface area contributed by atoms with Crippen molar-refractivity contribution in [2.75, 3.05) is 7.05 Å². The molecule has 0 spiro atoms. The summed E-state index contributed by atoms with van der Waals surface area (Å²) in [5, 5.41) is 9.05. The van der Waals surface area contributed by atoms with Crippen LogP contribution in [0.2, 0.25) is 0 Å². The van der Waals surface area contributed by atoms with Gasteiger partial charge in [0.15, 0.2) is 0 Å². The van der Waals surface area contributed by atoms with Crippen LogP contribution >= 0.6 is 0 Å². The van der Waals surface area contributed by atoms with Gasteiger partial charge in [-0.05, 0) is 49.7 Å². The van der Waals surface area contributed by atoms with E-state index in [2.05, 4.69) is 24.3 Å². The van der Waals surface area contributed by atoms with E-state index in [1.54, 1.807) is 0 Å². The van der Waals surface area contributed by atoms with Crippen molar-refractivity contribution in [2.24, 2.45) is 11.8 Å². The zero-order valence-electron chi connectivity index (χ0n) is 13.0. The lowest BCUT2D eigenvalue weighted by Crippen LogP contribution is -2.42. The first-order valence-electron chi connectivity index (χ1n) is 8.12. The lowest BCUT2D eigenvalue weighted by atomic mass is 9.81. The number of likely N-dealkylation sites (N-methyl/N-ethyl adjacent to an activating group) is 1. The van der Waals surface area contributed by atoms with Crippen LogP contribution in [-0.2, 0) is 22.4 Å². The predicted molar refractivity (Wildman–Crippen MR) is 83.5 cm³/mol. The molecule has 0 atom stereocenters. The molecule has 2 aliphatic carbocycles. The van der Waals surface area contributed by atoms with E-state index < -0.39 is 5.97 Å². The molecule has 3 rings (SSSR count). The van der Waals surface area contributed by atoms with Crippen LogP contribution in [0, 0.1) is 11.8 Å². The summed E-state index contributed by atoms with van der Waals surface area (Å²) in [5.41, 5.74) is 2.70. The molecule has 0 heterocycles. The van der Waals surface area contributed by atoms with Gasteiger partial charge in [-0.3, -0.25) is 9.59 Å². The van der Waals surface area contributed by atoms with Gasteiger partial charge in [0.2, 0.25) is 5.91 Å². The maximum atomic E-state index is 12.7. The second-order valence-electron chi connectivity index (χ2n) is 6.67. The normalized spacial score (nSPS) is 24.8. The molecule has 2 aliphatic rings. The highest BCUT2D eigenvalue weighted by molar-refractivity contribution is 5.79. The van der Waals surface area contributed by atoms with Crippen LogP contribution in [0.25, 0.3) is 0 Å². The zero-order valence-corrected chi connectivity index (χ0v) is 13.0. The molecular formula is C18H23NO3. The van der Waals surface area contributed by atoms with Gasteiger partial charge in [-0.25, -0.2) is 0 Å². The number of hydrogen-bond acceptors (Lipinski definition) is 2. The average Bonchev–Trinajstić information content (AvgIpc) is 2.97. The number of rotatable bonds is 3. The van der Waals surface area contributed by atoms with Gasteiger partial charge in [0.1, 0.15) is 0 Å². The van der Waals surface area contributed by atoms with Crippen LogP contribution in [0.15, 0.2) is 24.3 Å². The first kappa shape index (κ1) is 15.1. The van der Waals surface area contributed by atoms with Crippen LogP contribution in [-0.4, -0.2) is 35.0 Å². The van der Waals surface area contributed by atoms with Crippen LogP contribution in [0.4, 0.5) is 0 Å². The molecule has 4 heteroatoms. The Labute approximate surface area is 131 Å². The molecule has 118 valence electrons. The predicted octanol–water partition coefficient (Wildman–Crippen LogP) is 2.50. The van der Waals surface area contributed by atoms with Crippen molar-refractivity contribution in [1.29, 1.82) is 0 Å². The maximum Gasteiger partial charge on any atom is 0.306 e. The van der Waals surface area contributed by atoms with Crippen LogP contribution in [0.1, 0.15) is 36.8 Å². The summed E-state index contributed by atoms with van der Waals surface area (Å²) in [6.45, 7) is 0. The Kier molecular flexibility index (Phi) is 4.19. The van der Waals surface area contributed by atoms with Gasteiger partial charge in [-0.15, -0.1) is 0 Å². The summed E-state index contributed by atoms with van der Waals surface area (Å²) in [7, 11) is 1.90. The number of carbonyl (C=O) groups is 2. The molecule has 0 aromatic heterocycles. The van der Waals surface area contributed by atoms with Crippen molar-refractivity contribution in [1.82, 2.24) is 4.90 Å². The first-order valence-corrected chi connectivity index (χ1v) is 8.12. The summed E-state index contributed by atoms with van der Waals surface area (Å²) in [5.74, 6) is -0.776. The van der Waals surface area contributed by atoms with Gasteiger partial charge >= 0.3 is 5.97 Å². The third-order valence-electron chi connectivity index (χ3n) is 5.35. The fourth-order valence-electron chi connectivity index (χ4n) is 3.86. The Hall–Kier alpha value is -1.84. The molecule has 0 bridgehead atoms. The van der Waals surface area contributed by atoms with Gasteiger partial charge < -0.3 is 10.0 Å². The number of carboxylic acids is 1. The molecule has 0 unspecified atom stereocenters. The number of aliphatic carboxylic acids is 1. The second-order valence-corrected chi connectivity index (χ2v) is 6.67. The molecule has 1 fully saturated rings. The summed E-state index contributed by atoms with van der Waals surface area (Å²) >= 11 is 0. The van der Waals surface area contributed by atoms with Crippen molar-refractivity contribution < 1.29 is 14.7 Å². The average molecular weight is 301 g/mol. The Morgan fingerprint density at radius 3 is 2.00 bits per heavy atom. The lowest BCUT2D eigenvalue weighted by molar-refractivity contribution is -0.145. The summed E-state index contributed by atoms with van der Waals surface area (Å²) < 4.78 is 0. The minimum absolute atomic E-state index is 0.00399. The Morgan fingerprint density at radius 2 is 1.50 bits per heavy atom. The van der Waals surface area contributed by atoms with E-state index in [4.69, 9.17) is 5.11 Å². The summed E-state index contributed by atoms with van der Waals surface area (Å²) in [4.78, 5) is 25.6. The number of nitrogens with zero attached hydrogens (tertiary/aromatic N) is 1. The number of fused-ring (bicyclic) bond motifs is 1. The van der Waals surface area contributed by atoms with Crippen LogP contribution < -0.4 is 0 Å². The molecule has 1 amide bonds. The molecule has 1 aromatic rings. The highest BCUT2D eigenvalue weighted by Crippen LogP contribution is 2.32. The molecule has 0 saturated heterocycles. The molecule has 0 radical (unpaired) electrons. The lowest BCUT2D eigenvalue weighted by Gasteiger charge is -2.32. The Morgan fingerprint density at radius 1 is 1.00 bits per heavy atom. The van der Waals surface area contributed by atoms with Gasteiger partial charge in [0, 0.05) is 19.0 Å². The SMILES string of the molecule is CN(C(=O)C1CCC(C(=O)O)CC1)C1Cc2ccccc2C1. The largest absolute Gasteiger partial charge is 0.481 e. The van der Waals surface area contributed by atoms with Crippen LogP contribution in [0.3, 0.4) is 0 Å². The molecule has 1 saturated carbocycles. The molecular weight excluding hydrogens is 278 g/mol. The monoisotopic (exact) mass is 301 g/mol. The van der Waals surface area contributed by atoms with Crippen molar-refractivity contribution >= 4 is 11.9 Å². The van der Waals surface area contributed by atoms with E-state index >= 15 is 0 Å². The number of hydrogen-bond donors (Lipinski definition) is 1. The van der Waals surface area contributed by atoms with Crippen LogP contribution in [0.5, 0.6) is 0 Å². The van der Waals surface area contributed by atoms with E-state index in [0.717, 1.165) is 12.8 Å². The van der Waals surface area contributed by atoms with Gasteiger partial charge in [-0.2, -0.15) is 0 Å². The molecule has 4 nitrogen and oxygen atoms in total. The second kappa shape index (κ2) is 6.11. The van der Waals surface area contributed by atoms with Gasteiger partial charge in [-0.1, -0.05) is 24.3 Å². The fourth-order valence-corrected chi connectivity index (χ4v) is 3.86. The quantitative estimate of drug-likeness (QED) is 0.933. The number of amides is 1. The van der Waals surface area contributed by atoms with Crippen molar-refractivity contribution in [3.8, 4) is 0 Å². The van der Waals surface area contributed by atoms with E-state index in [9.17, 15) is 9.59 Å². The number of benzene rings is 1. The van der Waals surface area contributed by atoms with E-state index in [1.165, 1.54) is 11.1 Å². The number of carboxylic acid groups (broad SMARTS) is 1. The van der Waals surface area contributed by atoms with Gasteiger partial charge in [0.25, 0.3) is 0 Å².